The smallest absolute Gasteiger partial charge is 0.0754 e. The van der Waals surface area contributed by atoms with Crippen molar-refractivity contribution >= 4 is 38.3 Å². The van der Waals surface area contributed by atoms with E-state index in [4.69, 9.17) is 15.7 Å². The third-order valence-corrected chi connectivity index (χ3v) is 2.98. The first-order valence-electron chi connectivity index (χ1n) is 3.95. The summed E-state index contributed by atoms with van der Waals surface area (Å²) in [6.45, 7) is 2.19. The van der Waals surface area contributed by atoms with Crippen molar-refractivity contribution in [3.8, 4) is 0 Å². The van der Waals surface area contributed by atoms with Crippen LogP contribution in [0, 0.1) is 5.92 Å². The average Bonchev–Trinajstić information content (AvgIpc) is 1.85. The highest BCUT2D eigenvalue weighted by Crippen LogP contribution is 2.36. The SMILES string of the molecule is [B]C1C=CC(C(C)I)C([B])C1. The van der Waals surface area contributed by atoms with E-state index in [1.807, 2.05) is 0 Å². The lowest BCUT2D eigenvalue weighted by Crippen LogP contribution is -2.20. The molecular weight excluding hydrogens is 245 g/mol. The minimum atomic E-state index is 0.177. The molecule has 0 aliphatic heterocycles. The molecule has 4 atom stereocenters. The van der Waals surface area contributed by atoms with Crippen molar-refractivity contribution in [1.29, 1.82) is 0 Å². The van der Waals surface area contributed by atoms with Crippen LogP contribution >= 0.6 is 22.6 Å². The van der Waals surface area contributed by atoms with Crippen LogP contribution in [0.15, 0.2) is 12.2 Å². The van der Waals surface area contributed by atoms with Gasteiger partial charge in [-0.25, -0.2) is 0 Å². The van der Waals surface area contributed by atoms with Gasteiger partial charge >= 0.3 is 0 Å². The summed E-state index contributed by atoms with van der Waals surface area (Å²) in [7, 11) is 11.7. The first kappa shape index (κ1) is 9.69. The van der Waals surface area contributed by atoms with Gasteiger partial charge in [0, 0.05) is 3.92 Å². The van der Waals surface area contributed by atoms with Gasteiger partial charge in [0.15, 0.2) is 0 Å². The van der Waals surface area contributed by atoms with Crippen LogP contribution in [0.25, 0.3) is 0 Å². The second-order valence-electron chi connectivity index (χ2n) is 3.20. The highest BCUT2D eigenvalue weighted by molar-refractivity contribution is 14.1. The molecule has 0 saturated carbocycles. The number of halogens is 1. The van der Waals surface area contributed by atoms with Crippen LogP contribution in [0.1, 0.15) is 13.3 Å². The second kappa shape index (κ2) is 4.01. The van der Waals surface area contributed by atoms with E-state index in [1.165, 1.54) is 0 Å². The quantitative estimate of drug-likeness (QED) is 0.292. The van der Waals surface area contributed by atoms with Crippen molar-refractivity contribution in [3.63, 3.8) is 0 Å². The molecular formula is C8H11B2I. The van der Waals surface area contributed by atoms with Crippen LogP contribution in [0.3, 0.4) is 0 Å². The van der Waals surface area contributed by atoms with Gasteiger partial charge in [-0.2, -0.15) is 0 Å². The lowest BCUT2D eigenvalue weighted by Gasteiger charge is -2.30. The number of rotatable bonds is 1. The summed E-state index contributed by atoms with van der Waals surface area (Å²) in [4.78, 5) is 0. The molecule has 0 aromatic carbocycles. The number of hydrogen-bond acceptors (Lipinski definition) is 0. The molecule has 0 nitrogen and oxygen atoms in total. The average molecular weight is 256 g/mol. The highest BCUT2D eigenvalue weighted by atomic mass is 127. The number of hydrogen-bond donors (Lipinski definition) is 0. The Balaban J connectivity index is 2.61. The van der Waals surface area contributed by atoms with Crippen LogP contribution in [-0.2, 0) is 0 Å². The van der Waals surface area contributed by atoms with Gasteiger partial charge in [0.25, 0.3) is 0 Å². The van der Waals surface area contributed by atoms with E-state index < -0.39 is 0 Å². The minimum absolute atomic E-state index is 0.177. The molecule has 3 heteroatoms. The Morgan fingerprint density at radius 2 is 2.09 bits per heavy atom. The molecule has 0 bridgehead atoms. The number of alkyl halides is 1. The molecule has 0 aromatic rings. The Morgan fingerprint density at radius 3 is 2.55 bits per heavy atom. The lowest BCUT2D eigenvalue weighted by atomic mass is 9.63. The molecule has 0 N–H and O–H groups in total. The first-order valence-corrected chi connectivity index (χ1v) is 5.19. The van der Waals surface area contributed by atoms with Gasteiger partial charge in [-0.05, 0) is 5.92 Å². The van der Waals surface area contributed by atoms with Crippen LogP contribution < -0.4 is 0 Å². The molecule has 0 aromatic heterocycles. The van der Waals surface area contributed by atoms with Crippen LogP contribution in [0.2, 0.25) is 11.6 Å². The molecule has 0 fully saturated rings. The maximum absolute atomic E-state index is 5.93. The Labute approximate surface area is 85.2 Å². The lowest BCUT2D eigenvalue weighted by molar-refractivity contribution is 0.547. The molecule has 1 aliphatic carbocycles. The normalized spacial score (nSPS) is 40.4. The van der Waals surface area contributed by atoms with Gasteiger partial charge in [0.1, 0.15) is 0 Å². The zero-order chi connectivity index (χ0) is 8.43. The van der Waals surface area contributed by atoms with E-state index in [1.54, 1.807) is 0 Å². The van der Waals surface area contributed by atoms with Gasteiger partial charge in [-0.15, -0.1) is 0 Å². The van der Waals surface area contributed by atoms with Crippen molar-refractivity contribution in [3.05, 3.63) is 12.2 Å². The number of allylic oxidation sites excluding steroid dienone is 2. The second-order valence-corrected chi connectivity index (χ2v) is 5.17. The van der Waals surface area contributed by atoms with E-state index in [0.29, 0.717) is 9.84 Å². The molecule has 56 valence electrons. The Hall–Kier alpha value is 0.600. The Kier molecular flexibility index (Phi) is 3.53. The third-order valence-electron chi connectivity index (χ3n) is 2.15. The van der Waals surface area contributed by atoms with Gasteiger partial charge in [0.2, 0.25) is 0 Å². The fraction of sp³-hybridized carbons (Fsp3) is 0.750. The van der Waals surface area contributed by atoms with E-state index >= 15 is 0 Å². The standard InChI is InChI=1S/C8H11B2I/c1-5(11)7-3-2-6(9)4-8(7)10/h2-3,5-8H,4H2,1H3. The van der Waals surface area contributed by atoms with Crippen molar-refractivity contribution in [2.75, 3.05) is 0 Å². The molecule has 11 heavy (non-hydrogen) atoms. The molecule has 1 aliphatic rings. The van der Waals surface area contributed by atoms with Gasteiger partial charge in [-0.1, -0.05) is 59.7 Å². The summed E-state index contributed by atoms with van der Waals surface area (Å²) in [6, 6.07) is 0. The zero-order valence-corrected chi connectivity index (χ0v) is 8.86. The van der Waals surface area contributed by atoms with Crippen molar-refractivity contribution in [2.24, 2.45) is 5.92 Å². The molecule has 4 unspecified atom stereocenters. The van der Waals surface area contributed by atoms with Gasteiger partial charge < -0.3 is 0 Å². The third kappa shape index (κ3) is 2.53. The van der Waals surface area contributed by atoms with E-state index in [2.05, 4.69) is 41.7 Å². The predicted molar refractivity (Wildman–Crippen MR) is 59.7 cm³/mol. The molecule has 0 heterocycles. The largest absolute Gasteiger partial charge is 0.0938 e. The van der Waals surface area contributed by atoms with E-state index in [9.17, 15) is 0 Å². The summed E-state index contributed by atoms with van der Waals surface area (Å²) in [5, 5.41) is 0. The molecule has 1 rings (SSSR count). The van der Waals surface area contributed by atoms with E-state index in [0.717, 1.165) is 6.42 Å². The summed E-state index contributed by atoms with van der Waals surface area (Å²) >= 11 is 2.41. The predicted octanol–water partition coefficient (Wildman–Crippen LogP) is 2.30. The monoisotopic (exact) mass is 256 g/mol. The molecule has 0 spiro atoms. The minimum Gasteiger partial charge on any atom is -0.0938 e. The summed E-state index contributed by atoms with van der Waals surface area (Å²) in [6.07, 6.45) is 5.16. The highest BCUT2D eigenvalue weighted by Gasteiger charge is 2.23. The first-order chi connectivity index (χ1) is 5.11. The van der Waals surface area contributed by atoms with Crippen LogP contribution in [-0.4, -0.2) is 19.6 Å². The molecule has 0 saturated heterocycles. The zero-order valence-electron chi connectivity index (χ0n) is 6.70. The van der Waals surface area contributed by atoms with Gasteiger partial charge in [0.05, 0.1) is 15.7 Å². The van der Waals surface area contributed by atoms with Crippen molar-refractivity contribution < 1.29 is 0 Å². The van der Waals surface area contributed by atoms with Crippen molar-refractivity contribution in [2.45, 2.75) is 28.9 Å². The molecule has 0 amide bonds. The fourth-order valence-electron chi connectivity index (χ4n) is 1.46. The molecule has 4 radical (unpaired) electrons. The maximum Gasteiger partial charge on any atom is 0.0754 e. The summed E-state index contributed by atoms with van der Waals surface area (Å²) in [5.74, 6) is 0.939. The van der Waals surface area contributed by atoms with Gasteiger partial charge in [-0.3, -0.25) is 0 Å². The Bertz CT molecular complexity index is 156. The summed E-state index contributed by atoms with van der Waals surface area (Å²) < 4.78 is 0.603. The maximum atomic E-state index is 5.93. The topological polar surface area (TPSA) is 0 Å². The Morgan fingerprint density at radius 1 is 1.45 bits per heavy atom. The summed E-state index contributed by atoms with van der Waals surface area (Å²) in [5.41, 5.74) is 0. The van der Waals surface area contributed by atoms with E-state index in [-0.39, 0.29) is 11.6 Å². The van der Waals surface area contributed by atoms with Crippen LogP contribution in [0.4, 0.5) is 0 Å². The van der Waals surface area contributed by atoms with Crippen molar-refractivity contribution in [1.82, 2.24) is 0 Å². The van der Waals surface area contributed by atoms with Crippen LogP contribution in [0.5, 0.6) is 0 Å². The fourth-order valence-corrected chi connectivity index (χ4v) is 2.23.